The molecule has 1 aliphatic heterocycles. The topological polar surface area (TPSA) is 41.6 Å². The molecule has 4 heteroatoms. The highest BCUT2D eigenvalue weighted by Gasteiger charge is 2.19. The summed E-state index contributed by atoms with van der Waals surface area (Å²) in [7, 11) is 0. The molecule has 1 fully saturated rings. The molecule has 0 saturated carbocycles. The number of anilines is 1. The van der Waals surface area contributed by atoms with Crippen molar-refractivity contribution in [2.75, 3.05) is 18.0 Å². The largest absolute Gasteiger partial charge is 0.481 e. The lowest BCUT2D eigenvalue weighted by molar-refractivity contribution is -0.127. The fraction of sp³-hybridized carbons (Fsp3) is 0.480. The highest BCUT2D eigenvalue weighted by Crippen LogP contribution is 2.25. The van der Waals surface area contributed by atoms with Crippen molar-refractivity contribution < 1.29 is 9.53 Å². The Morgan fingerprint density at radius 2 is 1.62 bits per heavy atom. The van der Waals surface area contributed by atoms with E-state index in [-0.39, 0.29) is 11.9 Å². The Morgan fingerprint density at radius 3 is 2.21 bits per heavy atom. The van der Waals surface area contributed by atoms with E-state index in [0.29, 0.717) is 0 Å². The number of nitrogens with one attached hydrogen (secondary N) is 1. The van der Waals surface area contributed by atoms with E-state index in [1.54, 1.807) is 6.92 Å². The minimum Gasteiger partial charge on any atom is -0.481 e. The summed E-state index contributed by atoms with van der Waals surface area (Å²) in [6, 6.07) is 14.5. The third-order valence-electron chi connectivity index (χ3n) is 5.78. The van der Waals surface area contributed by atoms with Gasteiger partial charge in [-0.3, -0.25) is 4.79 Å². The number of hydrogen-bond acceptors (Lipinski definition) is 3. The Labute approximate surface area is 175 Å². The van der Waals surface area contributed by atoms with E-state index in [0.717, 1.165) is 41.4 Å². The summed E-state index contributed by atoms with van der Waals surface area (Å²) in [6.07, 6.45) is 1.97. The van der Waals surface area contributed by atoms with E-state index < -0.39 is 6.10 Å². The van der Waals surface area contributed by atoms with Gasteiger partial charge in [-0.15, -0.1) is 0 Å². The first-order valence-electron chi connectivity index (χ1n) is 10.7. The molecule has 29 heavy (non-hydrogen) atoms. The van der Waals surface area contributed by atoms with Gasteiger partial charge in [0.2, 0.25) is 0 Å². The van der Waals surface area contributed by atoms with E-state index in [2.05, 4.69) is 47.5 Å². The van der Waals surface area contributed by atoms with Crippen molar-refractivity contribution in [1.29, 1.82) is 0 Å². The Hall–Kier alpha value is -2.49. The number of carbonyl (C=O) groups is 1. The lowest BCUT2D eigenvalue weighted by Gasteiger charge is -2.32. The molecule has 0 aromatic heterocycles. The Morgan fingerprint density at radius 1 is 1.03 bits per heavy atom. The third kappa shape index (κ3) is 5.75. The van der Waals surface area contributed by atoms with Gasteiger partial charge in [-0.25, -0.2) is 0 Å². The van der Waals surface area contributed by atoms with Crippen LogP contribution in [-0.2, 0) is 4.79 Å². The number of aryl methyl sites for hydroxylation is 2. The van der Waals surface area contributed by atoms with Gasteiger partial charge in [0.05, 0.1) is 6.04 Å². The van der Waals surface area contributed by atoms with E-state index in [1.165, 1.54) is 18.5 Å². The zero-order valence-electron chi connectivity index (χ0n) is 18.4. The molecule has 0 aliphatic carbocycles. The van der Waals surface area contributed by atoms with E-state index >= 15 is 0 Å². The van der Waals surface area contributed by atoms with Crippen LogP contribution in [0.4, 0.5) is 5.69 Å². The second-order valence-corrected chi connectivity index (χ2v) is 8.57. The number of ether oxygens (including phenoxy) is 1. The molecule has 3 rings (SSSR count). The van der Waals surface area contributed by atoms with Gasteiger partial charge in [0.15, 0.2) is 6.10 Å². The molecule has 1 N–H and O–H groups in total. The standard InChI is InChI=1S/C25H34N2O2/c1-17-10-12-27(13-11-17)23-8-6-22(7-9-23)20(4)26-25(28)21(5)29-24-15-18(2)14-19(3)16-24/h6-9,14-17,20-21H,10-13H2,1-5H3,(H,26,28)/t20-,21+/m1/s1. The third-order valence-corrected chi connectivity index (χ3v) is 5.78. The van der Waals surface area contributed by atoms with Crippen LogP contribution in [0.3, 0.4) is 0 Å². The van der Waals surface area contributed by atoms with Gasteiger partial charge < -0.3 is 15.0 Å². The molecule has 1 heterocycles. The minimum absolute atomic E-state index is 0.0665. The molecule has 0 spiro atoms. The Balaban J connectivity index is 1.56. The normalized spacial score (nSPS) is 16.9. The maximum Gasteiger partial charge on any atom is 0.261 e. The zero-order chi connectivity index (χ0) is 21.0. The van der Waals surface area contributed by atoms with Crippen LogP contribution >= 0.6 is 0 Å². The maximum atomic E-state index is 12.6. The second kappa shape index (κ2) is 9.34. The van der Waals surface area contributed by atoms with Crippen molar-refractivity contribution in [3.8, 4) is 5.75 Å². The molecular formula is C25H34N2O2. The van der Waals surface area contributed by atoms with Crippen molar-refractivity contribution in [2.24, 2.45) is 5.92 Å². The van der Waals surface area contributed by atoms with Crippen LogP contribution < -0.4 is 15.0 Å². The van der Waals surface area contributed by atoms with Gasteiger partial charge >= 0.3 is 0 Å². The average Bonchev–Trinajstić information content (AvgIpc) is 2.68. The minimum atomic E-state index is -0.548. The van der Waals surface area contributed by atoms with Crippen molar-refractivity contribution >= 4 is 11.6 Å². The quantitative estimate of drug-likeness (QED) is 0.733. The molecule has 156 valence electrons. The molecule has 0 radical (unpaired) electrons. The predicted molar refractivity (Wildman–Crippen MR) is 120 cm³/mol. The fourth-order valence-corrected chi connectivity index (χ4v) is 3.91. The molecule has 4 nitrogen and oxygen atoms in total. The summed E-state index contributed by atoms with van der Waals surface area (Å²) >= 11 is 0. The van der Waals surface area contributed by atoms with Gasteiger partial charge in [-0.2, -0.15) is 0 Å². The predicted octanol–water partition coefficient (Wildman–Crippen LogP) is 5.18. The first-order chi connectivity index (χ1) is 13.8. The number of rotatable bonds is 6. The first-order valence-corrected chi connectivity index (χ1v) is 10.7. The van der Waals surface area contributed by atoms with Crippen LogP contribution in [0.15, 0.2) is 42.5 Å². The lowest BCUT2D eigenvalue weighted by atomic mass is 9.98. The Kier molecular flexibility index (Phi) is 6.83. The van der Waals surface area contributed by atoms with Crippen LogP contribution in [0, 0.1) is 19.8 Å². The first kappa shape index (κ1) is 21.2. The summed E-state index contributed by atoms with van der Waals surface area (Å²) in [5.41, 5.74) is 4.63. The summed E-state index contributed by atoms with van der Waals surface area (Å²) in [5, 5.41) is 3.07. The van der Waals surface area contributed by atoms with Gasteiger partial charge in [-0.1, -0.05) is 25.1 Å². The fourth-order valence-electron chi connectivity index (χ4n) is 3.91. The maximum absolute atomic E-state index is 12.6. The van der Waals surface area contributed by atoms with Gasteiger partial charge in [-0.05, 0) is 87.4 Å². The SMILES string of the molecule is Cc1cc(C)cc(O[C@@H](C)C(=O)N[C@H](C)c2ccc(N3CCC(C)CC3)cc2)c1. The van der Waals surface area contributed by atoms with Crippen molar-refractivity contribution in [3.63, 3.8) is 0 Å². The molecule has 2 aromatic rings. The van der Waals surface area contributed by atoms with Gasteiger partial charge in [0, 0.05) is 18.8 Å². The molecular weight excluding hydrogens is 360 g/mol. The summed E-state index contributed by atoms with van der Waals surface area (Å²) in [4.78, 5) is 15.1. The highest BCUT2D eigenvalue weighted by atomic mass is 16.5. The van der Waals surface area contributed by atoms with Crippen LogP contribution in [-0.4, -0.2) is 25.1 Å². The number of benzene rings is 2. The number of hydrogen-bond donors (Lipinski definition) is 1. The van der Waals surface area contributed by atoms with E-state index in [4.69, 9.17) is 4.74 Å². The summed E-state index contributed by atoms with van der Waals surface area (Å²) < 4.78 is 5.86. The number of amides is 1. The van der Waals surface area contributed by atoms with Gasteiger partial charge in [0.25, 0.3) is 5.91 Å². The van der Waals surface area contributed by atoms with Gasteiger partial charge in [0.1, 0.15) is 5.75 Å². The van der Waals surface area contributed by atoms with Crippen molar-refractivity contribution in [2.45, 2.75) is 59.6 Å². The van der Waals surface area contributed by atoms with Crippen LogP contribution in [0.25, 0.3) is 0 Å². The van der Waals surface area contributed by atoms with E-state index in [9.17, 15) is 4.79 Å². The monoisotopic (exact) mass is 394 g/mol. The molecule has 0 unspecified atom stereocenters. The summed E-state index contributed by atoms with van der Waals surface area (Å²) in [6.45, 7) is 12.4. The van der Waals surface area contributed by atoms with Crippen LogP contribution in [0.1, 0.15) is 56.3 Å². The van der Waals surface area contributed by atoms with Crippen LogP contribution in [0.5, 0.6) is 5.75 Å². The number of carbonyl (C=O) groups excluding carboxylic acids is 1. The molecule has 2 atom stereocenters. The molecule has 0 bridgehead atoms. The molecule has 1 saturated heterocycles. The average molecular weight is 395 g/mol. The van der Waals surface area contributed by atoms with E-state index in [1.807, 2.05) is 32.9 Å². The number of piperidine rings is 1. The lowest BCUT2D eigenvalue weighted by Crippen LogP contribution is -2.37. The Bertz CT molecular complexity index is 803. The summed E-state index contributed by atoms with van der Waals surface area (Å²) in [5.74, 6) is 1.46. The second-order valence-electron chi connectivity index (χ2n) is 8.57. The molecule has 2 aromatic carbocycles. The van der Waals surface area contributed by atoms with Crippen LogP contribution in [0.2, 0.25) is 0 Å². The number of nitrogens with zero attached hydrogens (tertiary/aromatic N) is 1. The van der Waals surface area contributed by atoms with Crippen molar-refractivity contribution in [3.05, 3.63) is 59.2 Å². The smallest absolute Gasteiger partial charge is 0.261 e. The van der Waals surface area contributed by atoms with Crippen molar-refractivity contribution in [1.82, 2.24) is 5.32 Å². The zero-order valence-corrected chi connectivity index (χ0v) is 18.4. The molecule has 1 amide bonds. The highest BCUT2D eigenvalue weighted by molar-refractivity contribution is 5.81. The molecule has 1 aliphatic rings.